The van der Waals surface area contributed by atoms with E-state index in [9.17, 15) is 8.42 Å². The van der Waals surface area contributed by atoms with E-state index >= 15 is 0 Å². The van der Waals surface area contributed by atoms with E-state index in [2.05, 4.69) is 0 Å². The van der Waals surface area contributed by atoms with E-state index in [1.807, 2.05) is 12.1 Å². The Kier molecular flexibility index (Phi) is 4.33. The Labute approximate surface area is 127 Å². The summed E-state index contributed by atoms with van der Waals surface area (Å²) in [5.74, 6) is 0. The molecule has 0 spiro atoms. The van der Waals surface area contributed by atoms with Crippen LogP contribution >= 0.6 is 0 Å². The number of nitrogens with zero attached hydrogens (tertiary/aromatic N) is 1. The van der Waals surface area contributed by atoms with Crippen molar-refractivity contribution in [3.8, 4) is 0 Å². The molecular weight excluding hydrogens is 284 g/mol. The maximum absolute atomic E-state index is 12.9. The molecule has 1 unspecified atom stereocenters. The number of sulfonamides is 1. The summed E-state index contributed by atoms with van der Waals surface area (Å²) in [4.78, 5) is 0.448. The van der Waals surface area contributed by atoms with Gasteiger partial charge in [0.05, 0.1) is 4.90 Å². The van der Waals surface area contributed by atoms with Crippen molar-refractivity contribution in [2.45, 2.75) is 55.9 Å². The molecule has 1 aromatic rings. The van der Waals surface area contributed by atoms with Crippen LogP contribution in [0.4, 0.5) is 0 Å². The van der Waals surface area contributed by atoms with Crippen molar-refractivity contribution in [1.82, 2.24) is 4.31 Å². The summed E-state index contributed by atoms with van der Waals surface area (Å²) in [5, 5.41) is 0. The summed E-state index contributed by atoms with van der Waals surface area (Å²) in [7, 11) is -3.40. The second-order valence-electron chi connectivity index (χ2n) is 6.14. The van der Waals surface area contributed by atoms with Gasteiger partial charge in [0.15, 0.2) is 0 Å². The molecule has 2 N–H and O–H groups in total. The zero-order chi connectivity index (χ0) is 14.9. The topological polar surface area (TPSA) is 63.4 Å². The van der Waals surface area contributed by atoms with Crippen molar-refractivity contribution in [2.24, 2.45) is 5.73 Å². The minimum atomic E-state index is -3.40. The summed E-state index contributed by atoms with van der Waals surface area (Å²) in [6.07, 6.45) is 7.31. The molecule has 1 saturated heterocycles. The highest BCUT2D eigenvalue weighted by Crippen LogP contribution is 2.28. The van der Waals surface area contributed by atoms with Gasteiger partial charge >= 0.3 is 0 Å². The van der Waals surface area contributed by atoms with Crippen LogP contribution in [0.15, 0.2) is 23.1 Å². The second-order valence-corrected chi connectivity index (χ2v) is 8.03. The number of aryl methyl sites for hydroxylation is 2. The molecule has 4 nitrogen and oxygen atoms in total. The minimum absolute atomic E-state index is 0.0419. The third kappa shape index (κ3) is 2.87. The number of hydrogen-bond donors (Lipinski definition) is 1. The Bertz CT molecular complexity index is 613. The smallest absolute Gasteiger partial charge is 0.243 e. The molecule has 1 heterocycles. The summed E-state index contributed by atoms with van der Waals surface area (Å²) in [6.45, 7) is 1.01. The third-order valence-corrected chi connectivity index (χ3v) is 6.72. The van der Waals surface area contributed by atoms with Gasteiger partial charge in [0.2, 0.25) is 10.0 Å². The van der Waals surface area contributed by atoms with Crippen molar-refractivity contribution < 1.29 is 8.42 Å². The lowest BCUT2D eigenvalue weighted by molar-refractivity contribution is 0.257. The van der Waals surface area contributed by atoms with Crippen molar-refractivity contribution in [2.75, 3.05) is 13.1 Å². The average molecular weight is 308 g/mol. The molecule has 0 amide bonds. The fraction of sp³-hybridized carbons (Fsp3) is 0.625. The highest BCUT2D eigenvalue weighted by molar-refractivity contribution is 7.89. The highest BCUT2D eigenvalue weighted by Gasteiger charge is 2.33. The quantitative estimate of drug-likeness (QED) is 0.929. The molecule has 1 atom stereocenters. The van der Waals surface area contributed by atoms with Gasteiger partial charge in [0.1, 0.15) is 0 Å². The van der Waals surface area contributed by atoms with Gasteiger partial charge in [-0.1, -0.05) is 12.5 Å². The van der Waals surface area contributed by atoms with E-state index in [4.69, 9.17) is 5.73 Å². The first-order valence-electron chi connectivity index (χ1n) is 7.96. The molecule has 5 heteroatoms. The second kappa shape index (κ2) is 6.07. The molecule has 116 valence electrons. The van der Waals surface area contributed by atoms with Crippen LogP contribution < -0.4 is 5.73 Å². The largest absolute Gasteiger partial charge is 0.329 e. The van der Waals surface area contributed by atoms with E-state index in [1.165, 1.54) is 17.5 Å². The molecule has 1 aliphatic heterocycles. The Balaban J connectivity index is 1.94. The number of piperidine rings is 1. The normalized spacial score (nSPS) is 23.8. The van der Waals surface area contributed by atoms with Gasteiger partial charge in [-0.2, -0.15) is 4.31 Å². The summed E-state index contributed by atoms with van der Waals surface area (Å²) in [5.41, 5.74) is 8.30. The van der Waals surface area contributed by atoms with Crippen LogP contribution in [-0.4, -0.2) is 31.9 Å². The highest BCUT2D eigenvalue weighted by atomic mass is 32.2. The predicted octanol–water partition coefficient (Wildman–Crippen LogP) is 2.07. The van der Waals surface area contributed by atoms with Crippen LogP contribution in [0.25, 0.3) is 0 Å². The maximum Gasteiger partial charge on any atom is 0.243 e. The number of hydrogen-bond acceptors (Lipinski definition) is 3. The van der Waals surface area contributed by atoms with E-state index in [-0.39, 0.29) is 6.04 Å². The van der Waals surface area contributed by atoms with Gasteiger partial charge in [-0.3, -0.25) is 0 Å². The number of benzene rings is 1. The third-order valence-electron chi connectivity index (χ3n) is 4.77. The lowest BCUT2D eigenvalue weighted by Gasteiger charge is -2.34. The van der Waals surface area contributed by atoms with Crippen molar-refractivity contribution in [3.05, 3.63) is 29.3 Å². The summed E-state index contributed by atoms with van der Waals surface area (Å²) >= 11 is 0. The summed E-state index contributed by atoms with van der Waals surface area (Å²) < 4.78 is 27.5. The molecule has 0 saturated carbocycles. The van der Waals surface area contributed by atoms with Gasteiger partial charge in [0.25, 0.3) is 0 Å². The molecule has 0 bridgehead atoms. The summed E-state index contributed by atoms with van der Waals surface area (Å²) in [6, 6.07) is 5.64. The van der Waals surface area contributed by atoms with Crippen LogP contribution in [0.5, 0.6) is 0 Å². The molecule has 3 rings (SSSR count). The number of fused-ring (bicyclic) bond motifs is 1. The standard InChI is InChI=1S/C16H24N2O2S/c17-12-15-7-3-4-10-18(15)21(19,20)16-9-8-13-5-1-2-6-14(13)11-16/h8-9,11,15H,1-7,10,12,17H2. The van der Waals surface area contributed by atoms with E-state index in [0.717, 1.165) is 38.5 Å². The Morgan fingerprint density at radius 2 is 1.86 bits per heavy atom. The lowest BCUT2D eigenvalue weighted by Crippen LogP contribution is -2.47. The maximum atomic E-state index is 12.9. The van der Waals surface area contributed by atoms with Crippen molar-refractivity contribution in [1.29, 1.82) is 0 Å². The molecule has 1 aliphatic carbocycles. The monoisotopic (exact) mass is 308 g/mol. The Morgan fingerprint density at radius 3 is 2.62 bits per heavy atom. The minimum Gasteiger partial charge on any atom is -0.329 e. The van der Waals surface area contributed by atoms with Gasteiger partial charge in [-0.25, -0.2) is 8.42 Å². The average Bonchev–Trinajstić information content (AvgIpc) is 2.54. The van der Waals surface area contributed by atoms with Crippen LogP contribution in [0.3, 0.4) is 0 Å². The predicted molar refractivity (Wildman–Crippen MR) is 83.7 cm³/mol. The van der Waals surface area contributed by atoms with Gasteiger partial charge in [0, 0.05) is 19.1 Å². The van der Waals surface area contributed by atoms with Crippen LogP contribution in [0, 0.1) is 0 Å². The van der Waals surface area contributed by atoms with Gasteiger partial charge in [-0.15, -0.1) is 0 Å². The lowest BCUT2D eigenvalue weighted by atomic mass is 9.92. The zero-order valence-electron chi connectivity index (χ0n) is 12.4. The van der Waals surface area contributed by atoms with Crippen molar-refractivity contribution >= 4 is 10.0 Å². The van der Waals surface area contributed by atoms with Crippen LogP contribution in [-0.2, 0) is 22.9 Å². The van der Waals surface area contributed by atoms with Crippen LogP contribution in [0.1, 0.15) is 43.2 Å². The fourth-order valence-corrected chi connectivity index (χ4v) is 5.29. The molecule has 1 fully saturated rings. The van der Waals surface area contributed by atoms with E-state index in [0.29, 0.717) is 18.0 Å². The zero-order valence-corrected chi connectivity index (χ0v) is 13.2. The van der Waals surface area contributed by atoms with E-state index in [1.54, 1.807) is 10.4 Å². The van der Waals surface area contributed by atoms with E-state index < -0.39 is 10.0 Å². The molecule has 21 heavy (non-hydrogen) atoms. The van der Waals surface area contributed by atoms with Crippen molar-refractivity contribution in [3.63, 3.8) is 0 Å². The van der Waals surface area contributed by atoms with Gasteiger partial charge in [-0.05, 0) is 61.8 Å². The first-order valence-corrected chi connectivity index (χ1v) is 9.40. The van der Waals surface area contributed by atoms with Gasteiger partial charge < -0.3 is 5.73 Å². The molecular formula is C16H24N2O2S. The first kappa shape index (κ1) is 15.0. The van der Waals surface area contributed by atoms with Crippen LogP contribution in [0.2, 0.25) is 0 Å². The Hall–Kier alpha value is -0.910. The molecule has 1 aromatic carbocycles. The SMILES string of the molecule is NCC1CCCCN1S(=O)(=O)c1ccc2c(c1)CCCC2. The number of nitrogens with two attached hydrogens (primary N) is 1. The fourth-order valence-electron chi connectivity index (χ4n) is 3.53. The number of rotatable bonds is 3. The molecule has 0 radical (unpaired) electrons. The Morgan fingerprint density at radius 1 is 1.10 bits per heavy atom. The molecule has 2 aliphatic rings. The molecule has 0 aromatic heterocycles. The first-order chi connectivity index (χ1) is 10.1.